The van der Waals surface area contributed by atoms with E-state index in [-0.39, 0.29) is 0 Å². The monoisotopic (exact) mass is 326 g/mol. The number of hydrogen-bond donors (Lipinski definition) is 2. The number of primary amides is 1. The van der Waals surface area contributed by atoms with Gasteiger partial charge in [0.15, 0.2) is 0 Å². The zero-order valence-corrected chi connectivity index (χ0v) is 13.7. The fourth-order valence-electron chi connectivity index (χ4n) is 3.08. The molecule has 6 heteroatoms. The van der Waals surface area contributed by atoms with Crippen LogP contribution in [0.1, 0.15) is 10.4 Å². The van der Waals surface area contributed by atoms with Crippen LogP contribution in [-0.4, -0.2) is 39.2 Å². The van der Waals surface area contributed by atoms with Crippen molar-refractivity contribution in [1.82, 2.24) is 0 Å². The van der Waals surface area contributed by atoms with E-state index in [1.807, 2.05) is 24.3 Å². The molecule has 4 N–H and O–H groups in total. The summed E-state index contributed by atoms with van der Waals surface area (Å²) in [6.45, 7) is 3.44. The molecule has 0 spiro atoms. The third-order valence-corrected chi connectivity index (χ3v) is 4.36. The van der Waals surface area contributed by atoms with Crippen molar-refractivity contribution in [3.05, 3.63) is 48.0 Å². The van der Waals surface area contributed by atoms with Gasteiger partial charge in [-0.1, -0.05) is 12.1 Å². The number of piperazine rings is 1. The number of amides is 1. The molecular weight excluding hydrogens is 304 g/mol. The van der Waals surface area contributed by atoms with Crippen molar-refractivity contribution < 1.29 is 9.53 Å². The molecule has 1 aliphatic rings. The van der Waals surface area contributed by atoms with Gasteiger partial charge in [-0.2, -0.15) is 0 Å². The summed E-state index contributed by atoms with van der Waals surface area (Å²) in [4.78, 5) is 15.8. The van der Waals surface area contributed by atoms with Gasteiger partial charge in [0.05, 0.1) is 24.2 Å². The Balaban J connectivity index is 1.72. The van der Waals surface area contributed by atoms with E-state index in [1.54, 1.807) is 19.2 Å². The molecule has 1 amide bonds. The molecule has 2 aromatic carbocycles. The van der Waals surface area contributed by atoms with E-state index in [0.29, 0.717) is 11.3 Å². The topological polar surface area (TPSA) is 84.8 Å². The second kappa shape index (κ2) is 6.70. The molecule has 0 unspecified atom stereocenters. The molecule has 0 aliphatic carbocycles. The lowest BCUT2D eigenvalue weighted by Crippen LogP contribution is -2.46. The van der Waals surface area contributed by atoms with E-state index in [1.165, 1.54) is 0 Å². The SMILES string of the molecule is COc1ccccc1N1CCN(c2ccc(C(N)=O)cc2N)CC1. The van der Waals surface area contributed by atoms with E-state index < -0.39 is 5.91 Å². The molecule has 1 aliphatic heterocycles. The summed E-state index contributed by atoms with van der Waals surface area (Å²) in [7, 11) is 1.69. The largest absolute Gasteiger partial charge is 0.495 e. The highest BCUT2D eigenvalue weighted by molar-refractivity contribution is 5.95. The second-order valence-corrected chi connectivity index (χ2v) is 5.78. The quantitative estimate of drug-likeness (QED) is 0.836. The molecule has 1 fully saturated rings. The Morgan fingerprint density at radius 3 is 2.21 bits per heavy atom. The lowest BCUT2D eigenvalue weighted by Gasteiger charge is -2.38. The van der Waals surface area contributed by atoms with E-state index in [9.17, 15) is 4.79 Å². The van der Waals surface area contributed by atoms with Gasteiger partial charge in [0.1, 0.15) is 5.75 Å². The summed E-state index contributed by atoms with van der Waals surface area (Å²) in [5.74, 6) is 0.422. The van der Waals surface area contributed by atoms with Crippen molar-refractivity contribution in [2.45, 2.75) is 0 Å². The number of nitrogens with two attached hydrogens (primary N) is 2. The van der Waals surface area contributed by atoms with Crippen molar-refractivity contribution in [3.63, 3.8) is 0 Å². The van der Waals surface area contributed by atoms with Crippen LogP contribution in [0.25, 0.3) is 0 Å². The number of para-hydroxylation sites is 2. The molecule has 0 bridgehead atoms. The van der Waals surface area contributed by atoms with Gasteiger partial charge in [-0.3, -0.25) is 4.79 Å². The molecule has 0 atom stereocenters. The number of rotatable bonds is 4. The minimum Gasteiger partial charge on any atom is -0.495 e. The Hall–Kier alpha value is -2.89. The molecule has 0 aromatic heterocycles. The van der Waals surface area contributed by atoms with E-state index in [0.717, 1.165) is 43.3 Å². The first-order chi connectivity index (χ1) is 11.6. The van der Waals surface area contributed by atoms with Crippen LogP contribution in [-0.2, 0) is 0 Å². The van der Waals surface area contributed by atoms with Gasteiger partial charge >= 0.3 is 0 Å². The zero-order valence-electron chi connectivity index (χ0n) is 13.7. The third kappa shape index (κ3) is 3.08. The average Bonchev–Trinajstić information content (AvgIpc) is 2.61. The lowest BCUT2D eigenvalue weighted by molar-refractivity contribution is 0.100. The van der Waals surface area contributed by atoms with Gasteiger partial charge < -0.3 is 26.0 Å². The molecular formula is C18H22N4O2. The molecule has 1 heterocycles. The molecule has 6 nitrogen and oxygen atoms in total. The average molecular weight is 326 g/mol. The van der Waals surface area contributed by atoms with Crippen molar-refractivity contribution in [1.29, 1.82) is 0 Å². The van der Waals surface area contributed by atoms with Crippen molar-refractivity contribution in [3.8, 4) is 5.75 Å². The summed E-state index contributed by atoms with van der Waals surface area (Å²) < 4.78 is 5.45. The Bertz CT molecular complexity index is 740. The van der Waals surface area contributed by atoms with E-state index in [2.05, 4.69) is 15.9 Å². The van der Waals surface area contributed by atoms with Gasteiger partial charge in [-0.05, 0) is 30.3 Å². The number of benzene rings is 2. The van der Waals surface area contributed by atoms with Crippen LogP contribution >= 0.6 is 0 Å². The molecule has 0 radical (unpaired) electrons. The van der Waals surface area contributed by atoms with Gasteiger partial charge in [-0.25, -0.2) is 0 Å². The fourth-order valence-corrected chi connectivity index (χ4v) is 3.08. The molecule has 0 saturated carbocycles. The Morgan fingerprint density at radius 2 is 1.62 bits per heavy atom. The highest BCUT2D eigenvalue weighted by Gasteiger charge is 2.21. The number of anilines is 3. The number of methoxy groups -OCH3 is 1. The first-order valence-corrected chi connectivity index (χ1v) is 7.92. The predicted octanol–water partition coefficient (Wildman–Crippen LogP) is 1.70. The zero-order chi connectivity index (χ0) is 17.1. The maximum absolute atomic E-state index is 11.2. The standard InChI is InChI=1S/C18H22N4O2/c1-24-17-5-3-2-4-16(17)22-10-8-21(9-11-22)15-7-6-13(18(20)23)12-14(15)19/h2-7,12H,8-11,19H2,1H3,(H2,20,23). The van der Waals surface area contributed by atoms with Crippen LogP contribution < -0.4 is 26.0 Å². The maximum Gasteiger partial charge on any atom is 0.248 e. The molecule has 3 rings (SSSR count). The lowest BCUT2D eigenvalue weighted by atomic mass is 10.1. The van der Waals surface area contributed by atoms with Crippen molar-refractivity contribution in [2.24, 2.45) is 5.73 Å². The van der Waals surface area contributed by atoms with Crippen LogP contribution in [0.15, 0.2) is 42.5 Å². The smallest absolute Gasteiger partial charge is 0.248 e. The van der Waals surface area contributed by atoms with E-state index in [4.69, 9.17) is 16.2 Å². The number of carbonyl (C=O) groups is 1. The third-order valence-electron chi connectivity index (χ3n) is 4.36. The number of nitrogens with zero attached hydrogens (tertiary/aromatic N) is 2. The normalized spacial score (nSPS) is 14.5. The van der Waals surface area contributed by atoms with Gasteiger partial charge in [-0.15, -0.1) is 0 Å². The first-order valence-electron chi connectivity index (χ1n) is 7.92. The number of ether oxygens (including phenoxy) is 1. The second-order valence-electron chi connectivity index (χ2n) is 5.78. The van der Waals surface area contributed by atoms with Crippen LogP contribution in [0, 0.1) is 0 Å². The fraction of sp³-hybridized carbons (Fsp3) is 0.278. The minimum absolute atomic E-state index is 0.434. The van der Waals surface area contributed by atoms with Gasteiger partial charge in [0, 0.05) is 31.7 Å². The van der Waals surface area contributed by atoms with Crippen LogP contribution in [0.2, 0.25) is 0 Å². The number of hydrogen-bond acceptors (Lipinski definition) is 5. The van der Waals surface area contributed by atoms with E-state index >= 15 is 0 Å². The summed E-state index contributed by atoms with van der Waals surface area (Å²) in [5.41, 5.74) is 14.5. The summed E-state index contributed by atoms with van der Waals surface area (Å²) in [6.07, 6.45) is 0. The minimum atomic E-state index is -0.464. The number of nitrogen functional groups attached to an aromatic ring is 1. The van der Waals surface area contributed by atoms with Crippen molar-refractivity contribution >= 4 is 23.0 Å². The maximum atomic E-state index is 11.2. The molecule has 24 heavy (non-hydrogen) atoms. The van der Waals surface area contributed by atoms with Gasteiger partial charge in [0.25, 0.3) is 0 Å². The summed E-state index contributed by atoms with van der Waals surface area (Å²) >= 11 is 0. The highest BCUT2D eigenvalue weighted by Crippen LogP contribution is 2.30. The van der Waals surface area contributed by atoms with Gasteiger partial charge in [0.2, 0.25) is 5.91 Å². The highest BCUT2D eigenvalue weighted by atomic mass is 16.5. The van der Waals surface area contributed by atoms with Crippen molar-refractivity contribution in [2.75, 3.05) is 48.8 Å². The molecule has 126 valence electrons. The summed E-state index contributed by atoms with van der Waals surface area (Å²) in [6, 6.07) is 13.3. The Labute approximate surface area is 141 Å². The van der Waals surface area contributed by atoms with Crippen LogP contribution in [0.5, 0.6) is 5.75 Å². The predicted molar refractivity (Wildman–Crippen MR) is 96.8 cm³/mol. The molecule has 2 aromatic rings. The van der Waals surface area contributed by atoms with Crippen LogP contribution in [0.4, 0.5) is 17.1 Å². The Kier molecular flexibility index (Phi) is 4.46. The van der Waals surface area contributed by atoms with Crippen LogP contribution in [0.3, 0.4) is 0 Å². The summed E-state index contributed by atoms with van der Waals surface area (Å²) in [5, 5.41) is 0. The number of carbonyl (C=O) groups excluding carboxylic acids is 1. The Morgan fingerprint density at radius 1 is 1.00 bits per heavy atom. The molecule has 1 saturated heterocycles. The first kappa shape index (κ1) is 16.0.